The molecule has 0 aliphatic carbocycles. The zero-order chi connectivity index (χ0) is 19.8. The Morgan fingerprint density at radius 1 is 1.00 bits per heavy atom. The molecule has 1 spiro atoms. The van der Waals surface area contributed by atoms with Gasteiger partial charge in [-0.05, 0) is 35.7 Å². The van der Waals surface area contributed by atoms with Crippen LogP contribution in [0.15, 0.2) is 48.5 Å². The number of nitrogens with one attached hydrogen (secondary N) is 1. The molecule has 2 fully saturated rings. The Morgan fingerprint density at radius 3 is 2.43 bits per heavy atom. The van der Waals surface area contributed by atoms with Crippen LogP contribution >= 0.6 is 0 Å². The minimum Gasteiger partial charge on any atom is -0.347 e. The van der Waals surface area contributed by atoms with Crippen molar-refractivity contribution in [3.05, 3.63) is 71.0 Å². The van der Waals surface area contributed by atoms with Crippen molar-refractivity contribution >= 4 is 0 Å². The van der Waals surface area contributed by atoms with E-state index >= 15 is 0 Å². The number of hydrogen-bond acceptors (Lipinski definition) is 3. The molecular formula is C21H21F4NO2. The van der Waals surface area contributed by atoms with E-state index in [4.69, 9.17) is 9.47 Å². The maximum atomic E-state index is 13.4. The van der Waals surface area contributed by atoms with E-state index in [9.17, 15) is 17.6 Å². The van der Waals surface area contributed by atoms with Crippen LogP contribution in [0.5, 0.6) is 0 Å². The van der Waals surface area contributed by atoms with Crippen molar-refractivity contribution in [2.75, 3.05) is 19.8 Å². The molecule has 0 aromatic heterocycles. The molecule has 7 heteroatoms. The average molecular weight is 395 g/mol. The lowest BCUT2D eigenvalue weighted by Gasteiger charge is -2.48. The molecule has 0 unspecified atom stereocenters. The highest BCUT2D eigenvalue weighted by Gasteiger charge is 2.48. The molecule has 2 aromatic carbocycles. The number of morpholine rings is 1. The molecule has 2 heterocycles. The van der Waals surface area contributed by atoms with Gasteiger partial charge in [-0.1, -0.05) is 30.3 Å². The highest BCUT2D eigenvalue weighted by molar-refractivity contribution is 5.33. The van der Waals surface area contributed by atoms with Crippen molar-refractivity contribution in [2.45, 2.75) is 36.8 Å². The first-order valence-electron chi connectivity index (χ1n) is 9.32. The average Bonchev–Trinajstić information content (AvgIpc) is 2.69. The molecular weight excluding hydrogens is 374 g/mol. The molecule has 4 rings (SSSR count). The second-order valence-corrected chi connectivity index (χ2v) is 7.23. The molecule has 3 atom stereocenters. The molecule has 2 aromatic rings. The highest BCUT2D eigenvalue weighted by atomic mass is 19.4. The van der Waals surface area contributed by atoms with Crippen molar-refractivity contribution in [1.82, 2.24) is 5.32 Å². The normalized spacial score (nSPS) is 28.4. The van der Waals surface area contributed by atoms with Gasteiger partial charge < -0.3 is 14.8 Å². The molecule has 28 heavy (non-hydrogen) atoms. The largest absolute Gasteiger partial charge is 0.416 e. The van der Waals surface area contributed by atoms with Crippen LogP contribution in [-0.4, -0.2) is 25.5 Å². The third-order valence-electron chi connectivity index (χ3n) is 5.52. The fourth-order valence-corrected chi connectivity index (χ4v) is 4.16. The standard InChI is InChI=1S/C21H21F4NO2/c22-16-7-5-14(6-8-16)19-20(27-12-11-26-19)10-9-15(13-28-20)17-3-1-2-4-18(17)21(23,24)25/h1-8,15,19,26H,9-13H2/t15-,19+,20+/m1/s1. The van der Waals surface area contributed by atoms with Gasteiger partial charge in [0, 0.05) is 18.9 Å². The van der Waals surface area contributed by atoms with Crippen molar-refractivity contribution in [3.8, 4) is 0 Å². The summed E-state index contributed by atoms with van der Waals surface area (Å²) in [5, 5.41) is 3.35. The van der Waals surface area contributed by atoms with Crippen molar-refractivity contribution in [3.63, 3.8) is 0 Å². The predicted molar refractivity (Wildman–Crippen MR) is 95.2 cm³/mol. The third kappa shape index (κ3) is 3.66. The van der Waals surface area contributed by atoms with E-state index in [1.165, 1.54) is 24.3 Å². The summed E-state index contributed by atoms with van der Waals surface area (Å²) in [6.07, 6.45) is -3.45. The van der Waals surface area contributed by atoms with Crippen molar-refractivity contribution in [1.29, 1.82) is 0 Å². The molecule has 0 saturated carbocycles. The van der Waals surface area contributed by atoms with Gasteiger partial charge in [0.25, 0.3) is 0 Å². The van der Waals surface area contributed by atoms with Crippen LogP contribution in [0.25, 0.3) is 0 Å². The van der Waals surface area contributed by atoms with Gasteiger partial charge in [0.05, 0.1) is 24.8 Å². The molecule has 0 bridgehead atoms. The van der Waals surface area contributed by atoms with E-state index in [1.807, 2.05) is 0 Å². The van der Waals surface area contributed by atoms with Crippen LogP contribution in [-0.2, 0) is 15.7 Å². The first-order chi connectivity index (χ1) is 13.4. The minimum atomic E-state index is -4.40. The maximum Gasteiger partial charge on any atom is 0.416 e. The van der Waals surface area contributed by atoms with Gasteiger partial charge in [0.1, 0.15) is 5.82 Å². The lowest BCUT2D eigenvalue weighted by molar-refractivity contribution is -0.289. The summed E-state index contributed by atoms with van der Waals surface area (Å²) in [6, 6.07) is 11.5. The zero-order valence-electron chi connectivity index (χ0n) is 15.1. The Labute approximate surface area is 160 Å². The summed E-state index contributed by atoms with van der Waals surface area (Å²) in [5.41, 5.74) is 0.472. The third-order valence-corrected chi connectivity index (χ3v) is 5.52. The SMILES string of the molecule is Fc1ccc([C@@H]2NCCO[C@]23CC[C@@H](c2ccccc2C(F)(F)F)CO3)cc1. The van der Waals surface area contributed by atoms with E-state index in [0.29, 0.717) is 26.0 Å². The summed E-state index contributed by atoms with van der Waals surface area (Å²) in [7, 11) is 0. The molecule has 1 N–H and O–H groups in total. The van der Waals surface area contributed by atoms with E-state index in [2.05, 4.69) is 5.32 Å². The first-order valence-corrected chi connectivity index (χ1v) is 9.32. The Kier molecular flexibility index (Phi) is 5.16. The molecule has 150 valence electrons. The van der Waals surface area contributed by atoms with Gasteiger partial charge in [0.2, 0.25) is 0 Å². The van der Waals surface area contributed by atoms with Crippen LogP contribution in [0.2, 0.25) is 0 Å². The minimum absolute atomic E-state index is 0.131. The summed E-state index contributed by atoms with van der Waals surface area (Å²) in [5.74, 6) is -1.65. The smallest absolute Gasteiger partial charge is 0.347 e. The quantitative estimate of drug-likeness (QED) is 0.742. The fraction of sp³-hybridized carbons (Fsp3) is 0.429. The Hall–Kier alpha value is -1.96. The molecule has 3 nitrogen and oxygen atoms in total. The number of alkyl halides is 3. The van der Waals surface area contributed by atoms with E-state index in [-0.39, 0.29) is 29.9 Å². The van der Waals surface area contributed by atoms with Gasteiger partial charge in [-0.3, -0.25) is 0 Å². The summed E-state index contributed by atoms with van der Waals surface area (Å²) in [4.78, 5) is 0. The summed E-state index contributed by atoms with van der Waals surface area (Å²) in [6.45, 7) is 1.20. The maximum absolute atomic E-state index is 13.4. The van der Waals surface area contributed by atoms with Crippen LogP contribution in [0.4, 0.5) is 17.6 Å². The monoisotopic (exact) mass is 395 g/mol. The number of halogens is 4. The van der Waals surface area contributed by atoms with E-state index < -0.39 is 17.5 Å². The zero-order valence-corrected chi connectivity index (χ0v) is 15.1. The highest BCUT2D eigenvalue weighted by Crippen LogP contribution is 2.45. The van der Waals surface area contributed by atoms with Crippen molar-refractivity contribution in [2.24, 2.45) is 0 Å². The van der Waals surface area contributed by atoms with E-state index in [0.717, 1.165) is 11.6 Å². The van der Waals surface area contributed by atoms with Gasteiger partial charge in [-0.2, -0.15) is 13.2 Å². The summed E-state index contributed by atoms with van der Waals surface area (Å²) < 4.78 is 65.4. The molecule has 0 amide bonds. The molecule has 2 aliphatic heterocycles. The van der Waals surface area contributed by atoms with Crippen LogP contribution in [0.3, 0.4) is 0 Å². The first kappa shape index (κ1) is 19.4. The van der Waals surface area contributed by atoms with Gasteiger partial charge in [-0.25, -0.2) is 4.39 Å². The number of hydrogen-bond donors (Lipinski definition) is 1. The fourth-order valence-electron chi connectivity index (χ4n) is 4.16. The van der Waals surface area contributed by atoms with Crippen molar-refractivity contribution < 1.29 is 27.0 Å². The Bertz CT molecular complexity index is 814. The summed E-state index contributed by atoms with van der Waals surface area (Å²) >= 11 is 0. The van der Waals surface area contributed by atoms with Gasteiger partial charge in [0.15, 0.2) is 5.79 Å². The Balaban J connectivity index is 1.56. The topological polar surface area (TPSA) is 30.5 Å². The lowest BCUT2D eigenvalue weighted by atomic mass is 9.83. The number of benzene rings is 2. The predicted octanol–water partition coefficient (Wildman–Crippen LogP) is 4.80. The lowest BCUT2D eigenvalue weighted by Crippen LogP contribution is -2.56. The number of rotatable bonds is 2. The molecule has 2 aliphatic rings. The van der Waals surface area contributed by atoms with E-state index in [1.54, 1.807) is 18.2 Å². The molecule has 2 saturated heterocycles. The molecule has 0 radical (unpaired) electrons. The van der Waals surface area contributed by atoms with Gasteiger partial charge >= 0.3 is 6.18 Å². The van der Waals surface area contributed by atoms with Crippen LogP contribution < -0.4 is 5.32 Å². The second kappa shape index (κ2) is 7.46. The van der Waals surface area contributed by atoms with Crippen LogP contribution in [0, 0.1) is 5.82 Å². The Morgan fingerprint density at radius 2 is 1.75 bits per heavy atom. The second-order valence-electron chi connectivity index (χ2n) is 7.23. The van der Waals surface area contributed by atoms with Crippen LogP contribution in [0.1, 0.15) is 41.5 Å². The number of ether oxygens (including phenoxy) is 2. The van der Waals surface area contributed by atoms with Gasteiger partial charge in [-0.15, -0.1) is 0 Å².